The highest BCUT2D eigenvalue weighted by Gasteiger charge is 2.41. The topological polar surface area (TPSA) is 92.9 Å². The number of carboxylic acid groups (broad SMARTS) is 1. The fraction of sp³-hybridized carbons (Fsp3) is 0.462. The van der Waals surface area contributed by atoms with Crippen LogP contribution in [0, 0.1) is 15.5 Å². The zero-order valence-corrected chi connectivity index (χ0v) is 11.3. The van der Waals surface area contributed by atoms with E-state index < -0.39 is 16.3 Å². The first kappa shape index (κ1) is 14.1. The maximum Gasteiger partial charge on any atom is 0.311 e. The van der Waals surface area contributed by atoms with Crippen LogP contribution in [0.3, 0.4) is 0 Å². The number of nitrogens with zero attached hydrogens (tertiary/aromatic N) is 2. The standard InChI is InChI=1S/C13H16N2O5/c1-13(12(16)17)5-6-14(8-13)10-4-3-9(20-2)7-11(10)15(18)19/h3-4,7H,5-6,8H2,1-2H3,(H,16,17). The molecule has 108 valence electrons. The lowest BCUT2D eigenvalue weighted by Gasteiger charge is -2.21. The van der Waals surface area contributed by atoms with E-state index in [9.17, 15) is 20.0 Å². The maximum atomic E-state index is 11.2. The van der Waals surface area contributed by atoms with Crippen LogP contribution in [-0.4, -0.2) is 36.2 Å². The molecular weight excluding hydrogens is 264 g/mol. The first-order valence-electron chi connectivity index (χ1n) is 6.18. The largest absolute Gasteiger partial charge is 0.496 e. The first-order chi connectivity index (χ1) is 9.37. The average Bonchev–Trinajstić information content (AvgIpc) is 2.82. The predicted octanol–water partition coefficient (Wildman–Crippen LogP) is 1.90. The number of hydrogen-bond acceptors (Lipinski definition) is 5. The molecule has 0 aromatic heterocycles. The molecule has 0 amide bonds. The zero-order chi connectivity index (χ0) is 14.9. The highest BCUT2D eigenvalue weighted by molar-refractivity contribution is 5.77. The van der Waals surface area contributed by atoms with Gasteiger partial charge in [-0.25, -0.2) is 0 Å². The molecule has 1 heterocycles. The molecule has 7 heteroatoms. The van der Waals surface area contributed by atoms with Crippen molar-refractivity contribution in [2.24, 2.45) is 5.41 Å². The Morgan fingerprint density at radius 2 is 2.25 bits per heavy atom. The number of nitro groups is 1. The lowest BCUT2D eigenvalue weighted by Crippen LogP contribution is -2.31. The van der Waals surface area contributed by atoms with Crippen LogP contribution >= 0.6 is 0 Å². The molecule has 1 saturated heterocycles. The Morgan fingerprint density at radius 3 is 2.75 bits per heavy atom. The van der Waals surface area contributed by atoms with Gasteiger partial charge in [0, 0.05) is 13.1 Å². The minimum absolute atomic E-state index is 0.0704. The molecule has 0 radical (unpaired) electrons. The number of rotatable bonds is 4. The highest BCUT2D eigenvalue weighted by atomic mass is 16.6. The van der Waals surface area contributed by atoms with Crippen LogP contribution in [0.25, 0.3) is 0 Å². The summed E-state index contributed by atoms with van der Waals surface area (Å²) in [6.45, 7) is 2.40. The number of ether oxygens (including phenoxy) is 1. The van der Waals surface area contributed by atoms with Gasteiger partial charge >= 0.3 is 5.97 Å². The molecule has 1 aliphatic heterocycles. The third-order valence-corrected chi connectivity index (χ3v) is 3.71. The van der Waals surface area contributed by atoms with E-state index in [-0.39, 0.29) is 12.2 Å². The van der Waals surface area contributed by atoms with E-state index in [1.807, 2.05) is 0 Å². The molecular formula is C13H16N2O5. The molecule has 7 nitrogen and oxygen atoms in total. The number of hydrogen-bond donors (Lipinski definition) is 1. The van der Waals surface area contributed by atoms with Crippen molar-refractivity contribution >= 4 is 17.3 Å². The molecule has 1 aromatic carbocycles. The van der Waals surface area contributed by atoms with Gasteiger partial charge in [0.2, 0.25) is 0 Å². The van der Waals surface area contributed by atoms with E-state index in [4.69, 9.17) is 4.74 Å². The van der Waals surface area contributed by atoms with Gasteiger partial charge in [0.1, 0.15) is 11.4 Å². The van der Waals surface area contributed by atoms with Gasteiger partial charge in [0.05, 0.1) is 23.5 Å². The minimum Gasteiger partial charge on any atom is -0.496 e. The van der Waals surface area contributed by atoms with E-state index in [0.717, 1.165) is 0 Å². The number of carbonyl (C=O) groups is 1. The van der Waals surface area contributed by atoms with Crippen LogP contribution in [0.2, 0.25) is 0 Å². The quantitative estimate of drug-likeness (QED) is 0.669. The number of aliphatic carboxylic acids is 1. The number of benzene rings is 1. The summed E-state index contributed by atoms with van der Waals surface area (Å²) in [6.07, 6.45) is 0.464. The van der Waals surface area contributed by atoms with Gasteiger partial charge in [-0.1, -0.05) is 0 Å². The van der Waals surface area contributed by atoms with Gasteiger partial charge in [0.15, 0.2) is 0 Å². The molecule has 1 N–H and O–H groups in total. The minimum atomic E-state index is -0.879. The molecule has 0 spiro atoms. The van der Waals surface area contributed by atoms with Gasteiger partial charge in [-0.15, -0.1) is 0 Å². The van der Waals surface area contributed by atoms with E-state index in [0.29, 0.717) is 24.4 Å². The summed E-state index contributed by atoms with van der Waals surface area (Å²) in [6, 6.07) is 4.59. The Morgan fingerprint density at radius 1 is 1.55 bits per heavy atom. The molecule has 0 bridgehead atoms. The van der Waals surface area contributed by atoms with E-state index in [2.05, 4.69) is 0 Å². The van der Waals surface area contributed by atoms with Crippen molar-refractivity contribution in [3.8, 4) is 5.75 Å². The van der Waals surface area contributed by atoms with Crippen LogP contribution in [-0.2, 0) is 4.79 Å². The van der Waals surface area contributed by atoms with Crippen molar-refractivity contribution in [2.45, 2.75) is 13.3 Å². The van der Waals surface area contributed by atoms with Crippen molar-refractivity contribution in [1.82, 2.24) is 0 Å². The van der Waals surface area contributed by atoms with Crippen molar-refractivity contribution in [1.29, 1.82) is 0 Å². The van der Waals surface area contributed by atoms with Gasteiger partial charge in [-0.3, -0.25) is 14.9 Å². The maximum absolute atomic E-state index is 11.2. The predicted molar refractivity (Wildman–Crippen MR) is 72.2 cm³/mol. The summed E-state index contributed by atoms with van der Waals surface area (Å²) in [4.78, 5) is 23.7. The summed E-state index contributed by atoms with van der Waals surface area (Å²) in [7, 11) is 1.44. The van der Waals surface area contributed by atoms with Crippen LogP contribution < -0.4 is 9.64 Å². The lowest BCUT2D eigenvalue weighted by atomic mass is 9.90. The second-order valence-corrected chi connectivity index (χ2v) is 5.15. The highest BCUT2D eigenvalue weighted by Crippen LogP contribution is 2.38. The molecule has 1 aromatic rings. The normalized spacial score (nSPS) is 21.8. The van der Waals surface area contributed by atoms with Crippen molar-refractivity contribution < 1.29 is 19.6 Å². The molecule has 2 rings (SSSR count). The van der Waals surface area contributed by atoms with Gasteiger partial charge in [-0.2, -0.15) is 0 Å². The second kappa shape index (κ2) is 4.99. The Labute approximate surface area is 115 Å². The molecule has 0 aliphatic carbocycles. The number of methoxy groups -OCH3 is 1. The van der Waals surface area contributed by atoms with Crippen LogP contribution in [0.15, 0.2) is 18.2 Å². The van der Waals surface area contributed by atoms with Crippen molar-refractivity contribution in [3.63, 3.8) is 0 Å². The summed E-state index contributed by atoms with van der Waals surface area (Å²) >= 11 is 0. The lowest BCUT2D eigenvalue weighted by molar-refractivity contribution is -0.384. The van der Waals surface area contributed by atoms with E-state index >= 15 is 0 Å². The zero-order valence-electron chi connectivity index (χ0n) is 11.3. The average molecular weight is 280 g/mol. The summed E-state index contributed by atoms with van der Waals surface area (Å²) in [5, 5.41) is 20.4. The molecule has 1 unspecified atom stereocenters. The Bertz CT molecular complexity index is 560. The first-order valence-corrected chi connectivity index (χ1v) is 6.18. The van der Waals surface area contributed by atoms with Crippen LogP contribution in [0.1, 0.15) is 13.3 Å². The van der Waals surface area contributed by atoms with Gasteiger partial charge in [0.25, 0.3) is 5.69 Å². The van der Waals surface area contributed by atoms with Crippen molar-refractivity contribution in [2.75, 3.05) is 25.1 Å². The van der Waals surface area contributed by atoms with Crippen LogP contribution in [0.4, 0.5) is 11.4 Å². The monoisotopic (exact) mass is 280 g/mol. The molecule has 1 aliphatic rings. The van der Waals surface area contributed by atoms with E-state index in [1.54, 1.807) is 24.0 Å². The summed E-state index contributed by atoms with van der Waals surface area (Å²) in [5.74, 6) is -0.475. The third-order valence-electron chi connectivity index (χ3n) is 3.71. The Kier molecular flexibility index (Phi) is 3.52. The number of carboxylic acids is 1. The number of anilines is 1. The second-order valence-electron chi connectivity index (χ2n) is 5.15. The fourth-order valence-corrected chi connectivity index (χ4v) is 2.39. The van der Waals surface area contributed by atoms with Crippen molar-refractivity contribution in [3.05, 3.63) is 28.3 Å². The Hall–Kier alpha value is -2.31. The van der Waals surface area contributed by atoms with E-state index in [1.165, 1.54) is 13.2 Å². The molecule has 1 fully saturated rings. The molecule has 0 saturated carbocycles. The van der Waals surface area contributed by atoms with Gasteiger partial charge in [-0.05, 0) is 25.5 Å². The van der Waals surface area contributed by atoms with Gasteiger partial charge < -0.3 is 14.7 Å². The molecule has 20 heavy (non-hydrogen) atoms. The summed E-state index contributed by atoms with van der Waals surface area (Å²) in [5.41, 5.74) is -0.506. The van der Waals surface area contributed by atoms with Crippen LogP contribution in [0.5, 0.6) is 5.75 Å². The Balaban J connectivity index is 2.35. The number of nitro benzene ring substituents is 1. The smallest absolute Gasteiger partial charge is 0.311 e. The SMILES string of the molecule is COc1ccc(N2CCC(C)(C(=O)O)C2)c([N+](=O)[O-])c1. The fourth-order valence-electron chi connectivity index (χ4n) is 2.39. The summed E-state index contributed by atoms with van der Waals surface area (Å²) < 4.78 is 4.98. The third kappa shape index (κ3) is 2.38. The molecule has 1 atom stereocenters.